The minimum atomic E-state index is -0.00783. The maximum absolute atomic E-state index is 12.3. The summed E-state index contributed by atoms with van der Waals surface area (Å²) in [5.41, 5.74) is -0.00783. The van der Waals surface area contributed by atoms with Crippen LogP contribution in [0.5, 0.6) is 0 Å². The Morgan fingerprint density at radius 2 is 2.10 bits per heavy atom. The molecule has 4 nitrogen and oxygen atoms in total. The van der Waals surface area contributed by atoms with Crippen LogP contribution in [0.4, 0.5) is 5.82 Å². The van der Waals surface area contributed by atoms with Crippen molar-refractivity contribution in [3.8, 4) is 0 Å². The summed E-state index contributed by atoms with van der Waals surface area (Å²) in [6.45, 7) is 10.2. The van der Waals surface area contributed by atoms with Crippen molar-refractivity contribution < 1.29 is 0 Å². The van der Waals surface area contributed by atoms with E-state index >= 15 is 0 Å². The van der Waals surface area contributed by atoms with Crippen molar-refractivity contribution in [3.05, 3.63) is 22.7 Å². The predicted octanol–water partition coefficient (Wildman–Crippen LogP) is 3.53. The highest BCUT2D eigenvalue weighted by atomic mass is 16.1. The number of rotatable bonds is 9. The highest BCUT2D eigenvalue weighted by Crippen LogP contribution is 2.12. The van der Waals surface area contributed by atoms with Gasteiger partial charge in [0, 0.05) is 25.5 Å². The molecule has 0 amide bonds. The van der Waals surface area contributed by atoms with E-state index < -0.39 is 0 Å². The van der Waals surface area contributed by atoms with E-state index in [0.29, 0.717) is 17.7 Å². The number of anilines is 1. The third-order valence-corrected chi connectivity index (χ3v) is 3.58. The van der Waals surface area contributed by atoms with Crippen molar-refractivity contribution in [1.82, 2.24) is 9.55 Å². The summed E-state index contributed by atoms with van der Waals surface area (Å²) in [7, 11) is 0. The predicted molar refractivity (Wildman–Crippen MR) is 85.1 cm³/mol. The zero-order valence-electron chi connectivity index (χ0n) is 13.4. The second-order valence-corrected chi connectivity index (χ2v) is 5.92. The molecule has 0 radical (unpaired) electrons. The normalized spacial score (nSPS) is 12.7. The molecule has 1 heterocycles. The Kier molecular flexibility index (Phi) is 7.34. The molecule has 1 unspecified atom stereocenters. The molecule has 1 N–H and O–H groups in total. The number of unbranched alkanes of at least 4 members (excludes halogenated alkanes) is 1. The molecule has 1 rings (SSSR count). The first kappa shape index (κ1) is 16.7. The van der Waals surface area contributed by atoms with Gasteiger partial charge in [0.1, 0.15) is 0 Å². The molecular formula is C16H29N3O. The Labute approximate surface area is 122 Å². The topological polar surface area (TPSA) is 46.9 Å². The fraction of sp³-hybridized carbons (Fsp3) is 0.750. The number of hydrogen-bond acceptors (Lipinski definition) is 3. The van der Waals surface area contributed by atoms with Gasteiger partial charge in [-0.1, -0.05) is 47.0 Å². The van der Waals surface area contributed by atoms with E-state index in [1.807, 2.05) is 0 Å². The highest BCUT2D eigenvalue weighted by Gasteiger charge is 2.09. The maximum atomic E-state index is 12.3. The molecule has 0 saturated heterocycles. The van der Waals surface area contributed by atoms with Crippen molar-refractivity contribution in [2.75, 3.05) is 11.9 Å². The minimum absolute atomic E-state index is 0.00783. The van der Waals surface area contributed by atoms with Gasteiger partial charge in [0.15, 0.2) is 5.82 Å². The smallest absolute Gasteiger partial charge is 0.293 e. The molecule has 0 aliphatic heterocycles. The third-order valence-electron chi connectivity index (χ3n) is 3.58. The zero-order chi connectivity index (χ0) is 15.0. The molecule has 0 aliphatic carbocycles. The fourth-order valence-electron chi connectivity index (χ4n) is 2.29. The average Bonchev–Trinajstić information content (AvgIpc) is 2.42. The van der Waals surface area contributed by atoms with Gasteiger partial charge < -0.3 is 9.88 Å². The van der Waals surface area contributed by atoms with E-state index in [1.54, 1.807) is 17.0 Å². The number of nitrogens with zero attached hydrogens (tertiary/aromatic N) is 2. The number of aromatic nitrogens is 2. The lowest BCUT2D eigenvalue weighted by Crippen LogP contribution is -2.27. The summed E-state index contributed by atoms with van der Waals surface area (Å²) in [6, 6.07) is 0. The summed E-state index contributed by atoms with van der Waals surface area (Å²) >= 11 is 0. The minimum Gasteiger partial charge on any atom is -0.365 e. The second kappa shape index (κ2) is 8.77. The molecule has 0 bridgehead atoms. The summed E-state index contributed by atoms with van der Waals surface area (Å²) in [6.07, 6.45) is 8.30. The van der Waals surface area contributed by atoms with Crippen molar-refractivity contribution >= 4 is 5.82 Å². The molecule has 0 fully saturated rings. The molecule has 0 aliphatic rings. The SMILES string of the molecule is CCCCC(CC)CNc1nccn(CC(C)C)c1=O. The molecule has 20 heavy (non-hydrogen) atoms. The summed E-state index contributed by atoms with van der Waals surface area (Å²) in [5, 5.41) is 3.24. The van der Waals surface area contributed by atoms with Crippen molar-refractivity contribution in [2.24, 2.45) is 11.8 Å². The molecule has 1 atom stereocenters. The van der Waals surface area contributed by atoms with Crippen LogP contribution >= 0.6 is 0 Å². The van der Waals surface area contributed by atoms with Crippen LogP contribution in [0.3, 0.4) is 0 Å². The van der Waals surface area contributed by atoms with Crippen molar-refractivity contribution in [1.29, 1.82) is 0 Å². The van der Waals surface area contributed by atoms with Crippen LogP contribution < -0.4 is 10.9 Å². The van der Waals surface area contributed by atoms with Crippen LogP contribution in [0.1, 0.15) is 53.4 Å². The maximum Gasteiger partial charge on any atom is 0.293 e. The van der Waals surface area contributed by atoms with Crippen LogP contribution in [0.25, 0.3) is 0 Å². The summed E-state index contributed by atoms with van der Waals surface area (Å²) < 4.78 is 1.74. The lowest BCUT2D eigenvalue weighted by atomic mass is 9.99. The Bertz CT molecular complexity index is 440. The second-order valence-electron chi connectivity index (χ2n) is 5.92. The lowest BCUT2D eigenvalue weighted by Gasteiger charge is -2.16. The molecule has 1 aromatic heterocycles. The van der Waals surface area contributed by atoms with E-state index in [2.05, 4.69) is 38.0 Å². The molecule has 1 aromatic rings. The van der Waals surface area contributed by atoms with Crippen LogP contribution in [-0.4, -0.2) is 16.1 Å². The van der Waals surface area contributed by atoms with Gasteiger partial charge in [-0.25, -0.2) is 4.98 Å². The average molecular weight is 279 g/mol. The van der Waals surface area contributed by atoms with E-state index in [9.17, 15) is 4.79 Å². The summed E-state index contributed by atoms with van der Waals surface area (Å²) in [5.74, 6) is 1.56. The van der Waals surface area contributed by atoms with E-state index in [1.165, 1.54) is 19.3 Å². The van der Waals surface area contributed by atoms with Crippen LogP contribution in [0.2, 0.25) is 0 Å². The van der Waals surface area contributed by atoms with Gasteiger partial charge in [-0.05, 0) is 18.3 Å². The Morgan fingerprint density at radius 3 is 2.70 bits per heavy atom. The van der Waals surface area contributed by atoms with Gasteiger partial charge in [-0.15, -0.1) is 0 Å². The Morgan fingerprint density at radius 1 is 1.35 bits per heavy atom. The Hall–Kier alpha value is -1.32. The van der Waals surface area contributed by atoms with Crippen molar-refractivity contribution in [2.45, 2.75) is 59.9 Å². The van der Waals surface area contributed by atoms with Gasteiger partial charge >= 0.3 is 0 Å². The number of hydrogen-bond donors (Lipinski definition) is 1. The van der Waals surface area contributed by atoms with Gasteiger partial charge in [-0.2, -0.15) is 0 Å². The van der Waals surface area contributed by atoms with Gasteiger partial charge in [0.25, 0.3) is 5.56 Å². The van der Waals surface area contributed by atoms with Crippen LogP contribution in [0, 0.1) is 11.8 Å². The molecule has 0 aromatic carbocycles. The van der Waals surface area contributed by atoms with Crippen LogP contribution in [0.15, 0.2) is 17.2 Å². The molecule has 0 saturated carbocycles. The molecule has 114 valence electrons. The molecular weight excluding hydrogens is 250 g/mol. The first-order chi connectivity index (χ1) is 9.58. The molecule has 4 heteroatoms. The quantitative estimate of drug-likeness (QED) is 0.752. The van der Waals surface area contributed by atoms with Gasteiger partial charge in [-0.3, -0.25) is 4.79 Å². The van der Waals surface area contributed by atoms with E-state index in [0.717, 1.165) is 19.5 Å². The molecule has 0 spiro atoms. The van der Waals surface area contributed by atoms with Crippen LogP contribution in [-0.2, 0) is 6.54 Å². The lowest BCUT2D eigenvalue weighted by molar-refractivity contribution is 0.471. The highest BCUT2D eigenvalue weighted by molar-refractivity contribution is 5.30. The number of nitrogens with one attached hydrogen (secondary N) is 1. The third kappa shape index (κ3) is 5.35. The van der Waals surface area contributed by atoms with E-state index in [4.69, 9.17) is 0 Å². The summed E-state index contributed by atoms with van der Waals surface area (Å²) in [4.78, 5) is 16.4. The Balaban J connectivity index is 2.65. The fourth-order valence-corrected chi connectivity index (χ4v) is 2.29. The largest absolute Gasteiger partial charge is 0.365 e. The van der Waals surface area contributed by atoms with E-state index in [-0.39, 0.29) is 5.56 Å². The first-order valence-electron chi connectivity index (χ1n) is 7.87. The first-order valence-corrected chi connectivity index (χ1v) is 7.87. The van der Waals surface area contributed by atoms with Gasteiger partial charge in [0.05, 0.1) is 0 Å². The monoisotopic (exact) mass is 279 g/mol. The zero-order valence-corrected chi connectivity index (χ0v) is 13.4. The standard InChI is InChI=1S/C16H29N3O/c1-5-7-8-14(6-2)11-18-15-16(20)19(10-9-17-15)12-13(3)4/h9-10,13-14H,5-8,11-12H2,1-4H3,(H,17,18). The van der Waals surface area contributed by atoms with Gasteiger partial charge in [0.2, 0.25) is 0 Å². The van der Waals surface area contributed by atoms with Crippen molar-refractivity contribution in [3.63, 3.8) is 0 Å².